The third-order valence-corrected chi connectivity index (χ3v) is 4.26. The van der Waals surface area contributed by atoms with Crippen molar-refractivity contribution in [2.45, 2.75) is 44.8 Å². The summed E-state index contributed by atoms with van der Waals surface area (Å²) in [6, 6.07) is -0.0378. The Morgan fingerprint density at radius 3 is 2.56 bits per heavy atom. The van der Waals surface area contributed by atoms with E-state index in [2.05, 4.69) is 5.32 Å². The Kier molecular flexibility index (Phi) is 5.21. The van der Waals surface area contributed by atoms with E-state index in [1.54, 1.807) is 0 Å². The minimum absolute atomic E-state index is 0.0378. The fourth-order valence-corrected chi connectivity index (χ4v) is 3.32. The van der Waals surface area contributed by atoms with Gasteiger partial charge in [0.2, 0.25) is 0 Å². The van der Waals surface area contributed by atoms with Crippen molar-refractivity contribution in [3.05, 3.63) is 0 Å². The van der Waals surface area contributed by atoms with Gasteiger partial charge < -0.3 is 10.4 Å². The zero-order valence-electron chi connectivity index (χ0n) is 10.1. The van der Waals surface area contributed by atoms with Gasteiger partial charge in [0, 0.05) is 18.8 Å². The molecule has 1 rings (SSSR count). The van der Waals surface area contributed by atoms with E-state index in [9.17, 15) is 13.5 Å². The molecule has 0 spiro atoms. The van der Waals surface area contributed by atoms with Gasteiger partial charge in [0.15, 0.2) is 0 Å². The standard InChI is InChI=1S/C11H23NO3S/c1-9(8-16(2,14)15)12-7-10-5-3-4-6-11(10)13/h9-13H,3-8H2,1-2H3. The van der Waals surface area contributed by atoms with Crippen molar-refractivity contribution < 1.29 is 13.5 Å². The van der Waals surface area contributed by atoms with Crippen LogP contribution >= 0.6 is 0 Å². The van der Waals surface area contributed by atoms with Crippen molar-refractivity contribution in [3.63, 3.8) is 0 Å². The summed E-state index contributed by atoms with van der Waals surface area (Å²) >= 11 is 0. The molecule has 5 heteroatoms. The molecule has 3 atom stereocenters. The Morgan fingerprint density at radius 1 is 1.38 bits per heavy atom. The monoisotopic (exact) mass is 249 g/mol. The molecule has 0 radical (unpaired) electrons. The average molecular weight is 249 g/mol. The van der Waals surface area contributed by atoms with Crippen LogP contribution in [-0.4, -0.2) is 44.2 Å². The summed E-state index contributed by atoms with van der Waals surface area (Å²) in [6.45, 7) is 2.59. The first-order valence-corrected chi connectivity index (χ1v) is 8.03. The van der Waals surface area contributed by atoms with Gasteiger partial charge in [-0.05, 0) is 25.7 Å². The first kappa shape index (κ1) is 13.9. The third kappa shape index (κ3) is 5.27. The summed E-state index contributed by atoms with van der Waals surface area (Å²) in [6.07, 6.45) is 5.24. The number of hydrogen-bond acceptors (Lipinski definition) is 4. The van der Waals surface area contributed by atoms with Crippen LogP contribution in [0.25, 0.3) is 0 Å². The Hall–Kier alpha value is -0.130. The van der Waals surface area contributed by atoms with Crippen molar-refractivity contribution in [1.29, 1.82) is 0 Å². The van der Waals surface area contributed by atoms with Crippen molar-refractivity contribution in [2.75, 3.05) is 18.6 Å². The van der Waals surface area contributed by atoms with Gasteiger partial charge in [0.1, 0.15) is 9.84 Å². The molecule has 1 aliphatic rings. The van der Waals surface area contributed by atoms with Gasteiger partial charge in [-0.2, -0.15) is 0 Å². The predicted molar refractivity (Wildman–Crippen MR) is 65.1 cm³/mol. The largest absolute Gasteiger partial charge is 0.393 e. The summed E-state index contributed by atoms with van der Waals surface area (Å²) < 4.78 is 22.1. The highest BCUT2D eigenvalue weighted by molar-refractivity contribution is 7.90. The van der Waals surface area contributed by atoms with E-state index >= 15 is 0 Å². The number of sulfone groups is 1. The Balaban J connectivity index is 2.28. The molecule has 1 saturated carbocycles. The molecule has 0 aromatic carbocycles. The highest BCUT2D eigenvalue weighted by Crippen LogP contribution is 2.23. The van der Waals surface area contributed by atoms with Gasteiger partial charge >= 0.3 is 0 Å². The zero-order valence-corrected chi connectivity index (χ0v) is 11.0. The number of aliphatic hydroxyl groups is 1. The summed E-state index contributed by atoms with van der Waals surface area (Å²) in [5.74, 6) is 0.450. The molecule has 16 heavy (non-hydrogen) atoms. The minimum Gasteiger partial charge on any atom is -0.393 e. The SMILES string of the molecule is CC(CS(C)(=O)=O)NCC1CCCCC1O. The first-order valence-electron chi connectivity index (χ1n) is 5.97. The van der Waals surface area contributed by atoms with Crippen LogP contribution in [-0.2, 0) is 9.84 Å². The van der Waals surface area contributed by atoms with Crippen LogP contribution in [0.5, 0.6) is 0 Å². The average Bonchev–Trinajstić information content (AvgIpc) is 2.14. The number of hydrogen-bond donors (Lipinski definition) is 2. The molecule has 0 heterocycles. The lowest BCUT2D eigenvalue weighted by atomic mass is 9.86. The lowest BCUT2D eigenvalue weighted by Gasteiger charge is -2.28. The molecule has 0 bridgehead atoms. The molecule has 0 aromatic rings. The number of rotatable bonds is 5. The van der Waals surface area contributed by atoms with Gasteiger partial charge in [-0.25, -0.2) is 8.42 Å². The van der Waals surface area contributed by atoms with E-state index < -0.39 is 9.84 Å². The van der Waals surface area contributed by atoms with E-state index in [-0.39, 0.29) is 23.8 Å². The molecule has 4 nitrogen and oxygen atoms in total. The molecular weight excluding hydrogens is 226 g/mol. The Morgan fingerprint density at radius 2 is 2.00 bits per heavy atom. The lowest BCUT2D eigenvalue weighted by Crippen LogP contribution is -2.40. The topological polar surface area (TPSA) is 66.4 Å². The summed E-state index contributed by atoms with van der Waals surface area (Å²) in [5.41, 5.74) is 0. The quantitative estimate of drug-likeness (QED) is 0.747. The van der Waals surface area contributed by atoms with Gasteiger partial charge in [-0.3, -0.25) is 0 Å². The summed E-state index contributed by atoms with van der Waals surface area (Å²) in [7, 11) is -2.91. The van der Waals surface area contributed by atoms with Crippen LogP contribution in [0.4, 0.5) is 0 Å². The molecule has 0 aliphatic heterocycles. The maximum absolute atomic E-state index is 11.1. The second-order valence-corrected chi connectivity index (χ2v) is 7.20. The van der Waals surface area contributed by atoms with E-state index in [4.69, 9.17) is 0 Å². The van der Waals surface area contributed by atoms with Crippen LogP contribution in [0.3, 0.4) is 0 Å². The molecule has 0 aromatic heterocycles. The van der Waals surface area contributed by atoms with Crippen molar-refractivity contribution >= 4 is 9.84 Å². The highest BCUT2D eigenvalue weighted by Gasteiger charge is 2.23. The molecule has 1 aliphatic carbocycles. The molecule has 3 unspecified atom stereocenters. The lowest BCUT2D eigenvalue weighted by molar-refractivity contribution is 0.0687. The second-order valence-electron chi connectivity index (χ2n) is 5.01. The normalized spacial score (nSPS) is 28.9. The first-order chi connectivity index (χ1) is 7.38. The molecule has 1 fully saturated rings. The van der Waals surface area contributed by atoms with Crippen molar-refractivity contribution in [2.24, 2.45) is 5.92 Å². The smallest absolute Gasteiger partial charge is 0.148 e. The molecule has 0 amide bonds. The van der Waals surface area contributed by atoms with Crippen molar-refractivity contribution in [3.8, 4) is 0 Å². The van der Waals surface area contributed by atoms with E-state index in [1.807, 2.05) is 6.92 Å². The minimum atomic E-state index is -2.91. The molecular formula is C11H23NO3S. The zero-order chi connectivity index (χ0) is 12.2. The number of nitrogens with one attached hydrogen (secondary N) is 1. The van der Waals surface area contributed by atoms with Crippen molar-refractivity contribution in [1.82, 2.24) is 5.32 Å². The van der Waals surface area contributed by atoms with Crippen LogP contribution < -0.4 is 5.32 Å². The maximum atomic E-state index is 11.1. The maximum Gasteiger partial charge on any atom is 0.148 e. The fourth-order valence-electron chi connectivity index (χ4n) is 2.29. The summed E-state index contributed by atoms with van der Waals surface area (Å²) in [5, 5.41) is 13.0. The van der Waals surface area contributed by atoms with Crippen LogP contribution in [0.15, 0.2) is 0 Å². The Bertz CT molecular complexity index is 302. The van der Waals surface area contributed by atoms with Gasteiger partial charge in [-0.1, -0.05) is 12.8 Å². The fraction of sp³-hybridized carbons (Fsp3) is 1.00. The number of aliphatic hydroxyl groups excluding tert-OH is 1. The van der Waals surface area contributed by atoms with E-state index in [1.165, 1.54) is 12.7 Å². The van der Waals surface area contributed by atoms with Gasteiger partial charge in [-0.15, -0.1) is 0 Å². The van der Waals surface area contributed by atoms with E-state index in [0.717, 1.165) is 25.8 Å². The van der Waals surface area contributed by atoms with Crippen LogP contribution in [0, 0.1) is 5.92 Å². The van der Waals surface area contributed by atoms with Gasteiger partial charge in [0.25, 0.3) is 0 Å². The van der Waals surface area contributed by atoms with Crippen LogP contribution in [0.2, 0.25) is 0 Å². The summed E-state index contributed by atoms with van der Waals surface area (Å²) in [4.78, 5) is 0. The second kappa shape index (κ2) is 5.98. The van der Waals surface area contributed by atoms with E-state index in [0.29, 0.717) is 0 Å². The predicted octanol–water partition coefficient (Wildman–Crippen LogP) is 0.560. The molecule has 0 saturated heterocycles. The highest BCUT2D eigenvalue weighted by atomic mass is 32.2. The molecule has 96 valence electrons. The Labute approximate surface area is 98.4 Å². The van der Waals surface area contributed by atoms with Gasteiger partial charge in [0.05, 0.1) is 11.9 Å². The van der Waals surface area contributed by atoms with Crippen LogP contribution in [0.1, 0.15) is 32.6 Å². The third-order valence-electron chi connectivity index (χ3n) is 3.15. The molecule has 2 N–H and O–H groups in total.